The molecule has 4 aromatic heterocycles. The minimum absolute atomic E-state index is 0.163. The third-order valence-electron chi connectivity index (χ3n) is 5.37. The Balaban J connectivity index is 1.44. The van der Waals surface area contributed by atoms with Gasteiger partial charge in [0.2, 0.25) is 5.95 Å². The lowest BCUT2D eigenvalue weighted by atomic mass is 10.1. The number of carbonyl (C=O) groups is 1. The Morgan fingerprint density at radius 2 is 1.77 bits per heavy atom. The number of thiophene rings is 1. The van der Waals surface area contributed by atoms with Crippen LogP contribution >= 0.6 is 11.3 Å². The van der Waals surface area contributed by atoms with Crippen molar-refractivity contribution in [3.63, 3.8) is 0 Å². The molecule has 0 aliphatic rings. The number of amides is 1. The van der Waals surface area contributed by atoms with Gasteiger partial charge < -0.3 is 9.73 Å². The number of hydrogen-bond acceptors (Lipinski definition) is 6. The summed E-state index contributed by atoms with van der Waals surface area (Å²) < 4.78 is 7.13. The van der Waals surface area contributed by atoms with Crippen molar-refractivity contribution in [2.24, 2.45) is 0 Å². The van der Waals surface area contributed by atoms with Crippen molar-refractivity contribution in [3.8, 4) is 27.8 Å². The van der Waals surface area contributed by atoms with Crippen molar-refractivity contribution >= 4 is 34.0 Å². The van der Waals surface area contributed by atoms with Gasteiger partial charge in [-0.1, -0.05) is 54.6 Å². The largest absolute Gasteiger partial charge is 0.451 e. The SMILES string of the molecule is O=C(Nc1cc(-c2cccs2)nn1-c1nc(-c2ccccc2)cc(=O)[nH]1)c1cc2ccccc2o1. The Morgan fingerprint density at radius 3 is 2.57 bits per heavy atom. The van der Waals surface area contributed by atoms with E-state index in [1.807, 2.05) is 66.0 Å². The van der Waals surface area contributed by atoms with Gasteiger partial charge in [-0.3, -0.25) is 14.6 Å². The second kappa shape index (κ2) is 8.54. The van der Waals surface area contributed by atoms with Crippen LogP contribution in [0.25, 0.3) is 38.7 Å². The van der Waals surface area contributed by atoms with E-state index in [1.165, 1.54) is 22.1 Å². The highest BCUT2D eigenvalue weighted by Crippen LogP contribution is 2.28. The van der Waals surface area contributed by atoms with Crippen LogP contribution in [0.1, 0.15) is 10.6 Å². The predicted molar refractivity (Wildman–Crippen MR) is 135 cm³/mol. The molecule has 0 fully saturated rings. The number of benzene rings is 2. The number of nitrogens with zero attached hydrogens (tertiary/aromatic N) is 3. The molecule has 0 bridgehead atoms. The maximum absolute atomic E-state index is 13.1. The Morgan fingerprint density at radius 1 is 0.943 bits per heavy atom. The first-order valence-electron chi connectivity index (χ1n) is 10.7. The molecule has 0 aliphatic carbocycles. The number of fused-ring (bicyclic) bond motifs is 1. The molecule has 0 saturated carbocycles. The Bertz CT molecular complexity index is 1680. The molecular weight excluding hydrogens is 462 g/mol. The van der Waals surface area contributed by atoms with Gasteiger partial charge in [0, 0.05) is 23.1 Å². The molecule has 2 N–H and O–H groups in total. The van der Waals surface area contributed by atoms with E-state index in [0.29, 0.717) is 22.8 Å². The van der Waals surface area contributed by atoms with Crippen LogP contribution in [0, 0.1) is 0 Å². The highest BCUT2D eigenvalue weighted by atomic mass is 32.1. The summed E-state index contributed by atoms with van der Waals surface area (Å²) in [6.07, 6.45) is 0. The molecule has 8 nitrogen and oxygen atoms in total. The van der Waals surface area contributed by atoms with Crippen molar-refractivity contribution in [1.82, 2.24) is 19.7 Å². The molecule has 0 saturated heterocycles. The van der Waals surface area contributed by atoms with E-state index in [4.69, 9.17) is 4.42 Å². The molecule has 1 amide bonds. The third-order valence-corrected chi connectivity index (χ3v) is 6.27. The standard InChI is InChI=1S/C26H17N5O3S/c32-24-15-18(16-7-2-1-3-8-16)27-26(29-24)31-23(14-19(30-31)22-11-6-12-35-22)28-25(33)21-13-17-9-4-5-10-20(17)34-21/h1-15H,(H,28,33)(H,27,29,32). The number of para-hydroxylation sites is 1. The molecule has 0 radical (unpaired) electrons. The summed E-state index contributed by atoms with van der Waals surface area (Å²) in [6, 6.07) is 25.5. The van der Waals surface area contributed by atoms with Crippen molar-refractivity contribution < 1.29 is 9.21 Å². The fourth-order valence-corrected chi connectivity index (χ4v) is 4.43. The lowest BCUT2D eigenvalue weighted by Gasteiger charge is -2.08. The van der Waals surface area contributed by atoms with Crippen molar-refractivity contribution in [2.75, 3.05) is 5.32 Å². The zero-order chi connectivity index (χ0) is 23.8. The summed E-state index contributed by atoms with van der Waals surface area (Å²) in [5, 5.41) is 10.3. The van der Waals surface area contributed by atoms with Crippen LogP contribution in [-0.2, 0) is 0 Å². The average Bonchev–Trinajstić information content (AvgIpc) is 3.63. The molecule has 4 heterocycles. The molecular formula is C26H17N5O3S. The van der Waals surface area contributed by atoms with Crippen molar-refractivity contribution in [3.05, 3.63) is 106 Å². The van der Waals surface area contributed by atoms with Gasteiger partial charge in [-0.2, -0.15) is 9.78 Å². The van der Waals surface area contributed by atoms with Gasteiger partial charge in [0.15, 0.2) is 5.76 Å². The molecule has 35 heavy (non-hydrogen) atoms. The van der Waals surface area contributed by atoms with Crippen LogP contribution in [-0.4, -0.2) is 25.7 Å². The van der Waals surface area contributed by atoms with E-state index in [-0.39, 0.29) is 17.3 Å². The fraction of sp³-hybridized carbons (Fsp3) is 0. The topological polar surface area (TPSA) is 106 Å². The van der Waals surface area contributed by atoms with Crippen LogP contribution in [0.4, 0.5) is 5.82 Å². The molecule has 0 aliphatic heterocycles. The molecule has 6 rings (SSSR count). The van der Waals surface area contributed by atoms with E-state index < -0.39 is 5.91 Å². The van der Waals surface area contributed by atoms with Gasteiger partial charge in [-0.15, -0.1) is 11.3 Å². The number of rotatable bonds is 5. The van der Waals surface area contributed by atoms with Crippen LogP contribution in [0.2, 0.25) is 0 Å². The molecule has 9 heteroatoms. The van der Waals surface area contributed by atoms with Crippen molar-refractivity contribution in [2.45, 2.75) is 0 Å². The summed E-state index contributed by atoms with van der Waals surface area (Å²) in [5.74, 6) is 0.240. The molecule has 0 spiro atoms. The number of aromatic nitrogens is 4. The third kappa shape index (κ3) is 4.04. The maximum Gasteiger partial charge on any atom is 0.292 e. The van der Waals surface area contributed by atoms with E-state index in [0.717, 1.165) is 15.8 Å². The first kappa shape index (κ1) is 20.8. The maximum atomic E-state index is 13.1. The second-order valence-electron chi connectivity index (χ2n) is 7.73. The summed E-state index contributed by atoms with van der Waals surface area (Å²) in [6.45, 7) is 0. The normalized spacial score (nSPS) is 11.1. The van der Waals surface area contributed by atoms with Gasteiger partial charge in [-0.25, -0.2) is 4.98 Å². The number of nitrogens with one attached hydrogen (secondary N) is 2. The number of hydrogen-bond donors (Lipinski definition) is 2. The van der Waals surface area contributed by atoms with Crippen LogP contribution < -0.4 is 10.9 Å². The Hall–Kier alpha value is -4.76. The number of H-pyrrole nitrogens is 1. The summed E-state index contributed by atoms with van der Waals surface area (Å²) >= 11 is 1.52. The molecule has 0 unspecified atom stereocenters. The lowest BCUT2D eigenvalue weighted by molar-refractivity contribution is 0.0998. The Kier molecular flexibility index (Phi) is 5.08. The van der Waals surface area contributed by atoms with Gasteiger partial charge >= 0.3 is 0 Å². The minimum atomic E-state index is -0.443. The van der Waals surface area contributed by atoms with Gasteiger partial charge in [0.25, 0.3) is 11.5 Å². The molecule has 6 aromatic rings. The molecule has 2 aromatic carbocycles. The van der Waals surface area contributed by atoms with Gasteiger partial charge in [0.1, 0.15) is 17.1 Å². The molecule has 170 valence electrons. The van der Waals surface area contributed by atoms with E-state index >= 15 is 0 Å². The summed E-state index contributed by atoms with van der Waals surface area (Å²) in [5.41, 5.74) is 2.20. The monoisotopic (exact) mass is 479 g/mol. The minimum Gasteiger partial charge on any atom is -0.451 e. The number of furan rings is 1. The number of aromatic amines is 1. The fourth-order valence-electron chi connectivity index (χ4n) is 3.75. The highest BCUT2D eigenvalue weighted by Gasteiger charge is 2.19. The first-order valence-corrected chi connectivity index (χ1v) is 11.6. The van der Waals surface area contributed by atoms with Gasteiger partial charge in [-0.05, 0) is 23.6 Å². The van der Waals surface area contributed by atoms with E-state index in [9.17, 15) is 9.59 Å². The van der Waals surface area contributed by atoms with Crippen LogP contribution in [0.3, 0.4) is 0 Å². The Labute approximate surface area is 202 Å². The van der Waals surface area contributed by atoms with E-state index in [1.54, 1.807) is 18.2 Å². The van der Waals surface area contributed by atoms with Crippen LogP contribution in [0.15, 0.2) is 99.5 Å². The van der Waals surface area contributed by atoms with Gasteiger partial charge in [0.05, 0.1) is 10.6 Å². The second-order valence-corrected chi connectivity index (χ2v) is 8.67. The average molecular weight is 480 g/mol. The zero-order valence-electron chi connectivity index (χ0n) is 18.1. The smallest absolute Gasteiger partial charge is 0.292 e. The predicted octanol–water partition coefficient (Wildman–Crippen LogP) is 5.35. The zero-order valence-corrected chi connectivity index (χ0v) is 19.0. The summed E-state index contributed by atoms with van der Waals surface area (Å²) in [4.78, 5) is 33.8. The van der Waals surface area contributed by atoms with Crippen LogP contribution in [0.5, 0.6) is 0 Å². The summed E-state index contributed by atoms with van der Waals surface area (Å²) in [7, 11) is 0. The first-order chi connectivity index (χ1) is 17.1. The lowest BCUT2D eigenvalue weighted by Crippen LogP contribution is -2.18. The van der Waals surface area contributed by atoms with Crippen molar-refractivity contribution in [1.29, 1.82) is 0 Å². The number of anilines is 1. The number of carbonyl (C=O) groups excluding carboxylic acids is 1. The highest BCUT2D eigenvalue weighted by molar-refractivity contribution is 7.13. The quantitative estimate of drug-likeness (QED) is 0.347. The molecule has 0 atom stereocenters. The van der Waals surface area contributed by atoms with E-state index in [2.05, 4.69) is 20.4 Å².